The van der Waals surface area contributed by atoms with Crippen molar-refractivity contribution in [3.05, 3.63) is 29.8 Å². The molecule has 0 aromatic heterocycles. The second-order valence-electron chi connectivity index (χ2n) is 8.45. The van der Waals surface area contributed by atoms with E-state index in [-0.39, 0.29) is 17.2 Å². The van der Waals surface area contributed by atoms with Crippen molar-refractivity contribution in [2.24, 2.45) is 5.41 Å². The quantitative estimate of drug-likeness (QED) is 0.822. The Morgan fingerprint density at radius 1 is 1.04 bits per heavy atom. The maximum atomic E-state index is 13.4. The molecule has 27 heavy (non-hydrogen) atoms. The number of para-hydroxylation sites is 1. The van der Waals surface area contributed by atoms with Gasteiger partial charge < -0.3 is 14.7 Å². The fourth-order valence-corrected chi connectivity index (χ4v) is 5.16. The third-order valence-electron chi connectivity index (χ3n) is 6.66. The van der Waals surface area contributed by atoms with Crippen molar-refractivity contribution in [1.29, 1.82) is 0 Å². The van der Waals surface area contributed by atoms with Crippen molar-refractivity contribution >= 4 is 17.5 Å². The number of rotatable bonds is 3. The molecule has 0 radical (unpaired) electrons. The number of piperidine rings is 2. The minimum atomic E-state index is 0.0837. The Labute approximate surface area is 162 Å². The lowest BCUT2D eigenvalue weighted by atomic mass is 9.73. The van der Waals surface area contributed by atoms with E-state index in [1.807, 2.05) is 23.1 Å². The molecule has 0 N–H and O–H groups in total. The Morgan fingerprint density at radius 3 is 2.59 bits per heavy atom. The molecule has 5 nitrogen and oxygen atoms in total. The van der Waals surface area contributed by atoms with Crippen LogP contribution in [-0.2, 0) is 4.79 Å². The molecule has 2 amide bonds. The lowest BCUT2D eigenvalue weighted by Crippen LogP contribution is -2.55. The number of nitrogens with zero attached hydrogens (tertiary/aromatic N) is 3. The van der Waals surface area contributed by atoms with Gasteiger partial charge in [-0.1, -0.05) is 12.1 Å². The monoisotopic (exact) mass is 369 g/mol. The lowest BCUT2D eigenvalue weighted by Gasteiger charge is -2.48. The van der Waals surface area contributed by atoms with E-state index in [2.05, 4.69) is 22.8 Å². The van der Waals surface area contributed by atoms with E-state index >= 15 is 0 Å². The van der Waals surface area contributed by atoms with Crippen molar-refractivity contribution < 1.29 is 9.59 Å². The van der Waals surface area contributed by atoms with Crippen LogP contribution >= 0.6 is 0 Å². The molecule has 0 saturated carbocycles. The van der Waals surface area contributed by atoms with Crippen LogP contribution in [0.3, 0.4) is 0 Å². The molecule has 3 heterocycles. The minimum Gasteiger partial charge on any atom is -0.371 e. The Kier molecular flexibility index (Phi) is 5.11. The molecule has 0 aliphatic carbocycles. The molecule has 3 aliphatic rings. The average Bonchev–Trinajstić information content (AvgIpc) is 3.24. The zero-order valence-corrected chi connectivity index (χ0v) is 16.5. The van der Waals surface area contributed by atoms with Crippen LogP contribution < -0.4 is 4.90 Å². The largest absolute Gasteiger partial charge is 0.371 e. The highest BCUT2D eigenvalue weighted by Crippen LogP contribution is 2.39. The van der Waals surface area contributed by atoms with E-state index in [4.69, 9.17) is 0 Å². The van der Waals surface area contributed by atoms with E-state index in [0.717, 1.165) is 69.8 Å². The minimum absolute atomic E-state index is 0.0837. The summed E-state index contributed by atoms with van der Waals surface area (Å²) in [5, 5.41) is 0. The number of amides is 2. The third-order valence-corrected chi connectivity index (χ3v) is 6.66. The van der Waals surface area contributed by atoms with Gasteiger partial charge in [0.25, 0.3) is 5.91 Å². The summed E-state index contributed by atoms with van der Waals surface area (Å²) in [6.07, 6.45) is 6.10. The van der Waals surface area contributed by atoms with Crippen molar-refractivity contribution in [2.45, 2.75) is 45.4 Å². The number of carbonyl (C=O) groups is 2. The first-order chi connectivity index (χ1) is 13.1. The fourth-order valence-electron chi connectivity index (χ4n) is 5.16. The first-order valence-electron chi connectivity index (χ1n) is 10.5. The molecular weight excluding hydrogens is 338 g/mol. The summed E-state index contributed by atoms with van der Waals surface area (Å²) >= 11 is 0. The predicted molar refractivity (Wildman–Crippen MR) is 107 cm³/mol. The summed E-state index contributed by atoms with van der Waals surface area (Å²) in [7, 11) is 0. The summed E-state index contributed by atoms with van der Waals surface area (Å²) in [5.74, 6) is 0.433. The van der Waals surface area contributed by atoms with Crippen molar-refractivity contribution in [3.63, 3.8) is 0 Å². The Hall–Kier alpha value is -2.04. The van der Waals surface area contributed by atoms with Crippen LogP contribution in [0.15, 0.2) is 24.3 Å². The summed E-state index contributed by atoms with van der Waals surface area (Å²) in [6.45, 7) is 7.32. The summed E-state index contributed by atoms with van der Waals surface area (Å²) in [5.41, 5.74) is 2.02. The Bertz CT molecular complexity index is 713. The van der Waals surface area contributed by atoms with Crippen molar-refractivity contribution in [3.8, 4) is 0 Å². The summed E-state index contributed by atoms with van der Waals surface area (Å²) in [4.78, 5) is 31.9. The van der Waals surface area contributed by atoms with Crippen molar-refractivity contribution in [2.75, 3.05) is 44.2 Å². The lowest BCUT2D eigenvalue weighted by molar-refractivity contribution is -0.138. The third kappa shape index (κ3) is 3.56. The molecule has 3 fully saturated rings. The Morgan fingerprint density at radius 2 is 1.81 bits per heavy atom. The van der Waals surface area contributed by atoms with Crippen LogP contribution in [0.1, 0.15) is 55.8 Å². The fraction of sp³-hybridized carbons (Fsp3) is 0.636. The zero-order valence-electron chi connectivity index (χ0n) is 16.5. The first-order valence-corrected chi connectivity index (χ1v) is 10.5. The number of anilines is 1. The number of hydrogen-bond acceptors (Lipinski definition) is 3. The van der Waals surface area contributed by atoms with Gasteiger partial charge in [0, 0.05) is 56.8 Å². The highest BCUT2D eigenvalue weighted by molar-refractivity contribution is 6.00. The summed E-state index contributed by atoms with van der Waals surface area (Å²) < 4.78 is 0. The highest BCUT2D eigenvalue weighted by Gasteiger charge is 2.42. The van der Waals surface area contributed by atoms with Crippen LogP contribution in [0.2, 0.25) is 0 Å². The molecule has 4 rings (SSSR count). The zero-order chi connectivity index (χ0) is 18.9. The highest BCUT2D eigenvalue weighted by atomic mass is 16.2. The van der Waals surface area contributed by atoms with Gasteiger partial charge in [-0.15, -0.1) is 0 Å². The van der Waals surface area contributed by atoms with E-state index in [9.17, 15) is 9.59 Å². The van der Waals surface area contributed by atoms with Crippen LogP contribution in [0, 0.1) is 5.41 Å². The maximum absolute atomic E-state index is 13.4. The topological polar surface area (TPSA) is 43.9 Å². The van der Waals surface area contributed by atoms with Crippen LogP contribution in [-0.4, -0.2) is 60.9 Å². The average molecular weight is 370 g/mol. The molecule has 3 aliphatic heterocycles. The molecule has 0 bridgehead atoms. The van der Waals surface area contributed by atoms with Gasteiger partial charge in [0.05, 0.1) is 5.56 Å². The molecule has 1 aromatic carbocycles. The van der Waals surface area contributed by atoms with Crippen LogP contribution in [0.4, 0.5) is 5.69 Å². The normalized spacial score (nSPS) is 26.1. The van der Waals surface area contributed by atoms with Gasteiger partial charge in [-0.2, -0.15) is 0 Å². The van der Waals surface area contributed by atoms with E-state index < -0.39 is 0 Å². The van der Waals surface area contributed by atoms with Gasteiger partial charge in [0.2, 0.25) is 5.91 Å². The molecule has 5 heteroatoms. The number of hydrogen-bond donors (Lipinski definition) is 0. The number of carbonyl (C=O) groups excluding carboxylic acids is 2. The second kappa shape index (κ2) is 7.53. The SMILES string of the molecule is CCN1C[C@]2(CCCN(C(=O)c3ccccc3N3CCCC3)C2)CCC1=O. The van der Waals surface area contributed by atoms with Crippen molar-refractivity contribution in [1.82, 2.24) is 9.80 Å². The Balaban J connectivity index is 1.54. The molecule has 3 saturated heterocycles. The molecule has 146 valence electrons. The molecule has 1 spiro atoms. The van der Waals surface area contributed by atoms with Gasteiger partial charge in [0.1, 0.15) is 0 Å². The molecule has 1 aromatic rings. The molecule has 1 atom stereocenters. The van der Waals surface area contributed by atoms with Crippen LogP contribution in [0.5, 0.6) is 0 Å². The van der Waals surface area contributed by atoms with Gasteiger partial charge in [0.15, 0.2) is 0 Å². The number of likely N-dealkylation sites (tertiary alicyclic amines) is 2. The van der Waals surface area contributed by atoms with E-state index in [1.54, 1.807) is 0 Å². The van der Waals surface area contributed by atoms with Gasteiger partial charge >= 0.3 is 0 Å². The van der Waals surface area contributed by atoms with E-state index in [0.29, 0.717) is 6.42 Å². The van der Waals surface area contributed by atoms with Gasteiger partial charge in [-0.3, -0.25) is 9.59 Å². The first kappa shape index (κ1) is 18.3. The maximum Gasteiger partial charge on any atom is 0.255 e. The summed E-state index contributed by atoms with van der Waals surface area (Å²) in [6, 6.07) is 8.09. The smallest absolute Gasteiger partial charge is 0.255 e. The predicted octanol–water partition coefficient (Wildman–Crippen LogP) is 3.15. The second-order valence-corrected chi connectivity index (χ2v) is 8.45. The van der Waals surface area contributed by atoms with Crippen LogP contribution in [0.25, 0.3) is 0 Å². The van der Waals surface area contributed by atoms with Gasteiger partial charge in [-0.25, -0.2) is 0 Å². The number of benzene rings is 1. The molecule has 0 unspecified atom stereocenters. The van der Waals surface area contributed by atoms with E-state index in [1.165, 1.54) is 12.8 Å². The van der Waals surface area contributed by atoms with Gasteiger partial charge in [-0.05, 0) is 51.2 Å². The molecular formula is C22H31N3O2. The standard InChI is InChI=1S/C22H31N3O2/c1-2-23-16-22(12-10-20(23)26)11-7-15-25(17-22)21(27)18-8-3-4-9-19(18)24-13-5-6-14-24/h3-4,8-9H,2,5-7,10-17H2,1H3/t22-/m0/s1.